The van der Waals surface area contributed by atoms with Crippen LogP contribution in [0.25, 0.3) is 0 Å². The lowest BCUT2D eigenvalue weighted by Gasteiger charge is -2.32. The second-order valence-electron chi connectivity index (χ2n) is 5.87. The molecule has 1 aliphatic carbocycles. The van der Waals surface area contributed by atoms with E-state index in [9.17, 15) is 9.59 Å². The van der Waals surface area contributed by atoms with E-state index in [0.717, 1.165) is 31.9 Å². The van der Waals surface area contributed by atoms with Gasteiger partial charge < -0.3 is 19.5 Å². The van der Waals surface area contributed by atoms with Crippen LogP contribution in [0.4, 0.5) is 0 Å². The largest absolute Gasteiger partial charge is 0.467 e. The van der Waals surface area contributed by atoms with Gasteiger partial charge >= 0.3 is 0 Å². The zero-order valence-corrected chi connectivity index (χ0v) is 12.2. The van der Waals surface area contributed by atoms with Gasteiger partial charge in [0.05, 0.1) is 24.6 Å². The van der Waals surface area contributed by atoms with Crippen molar-refractivity contribution in [2.45, 2.75) is 13.0 Å². The van der Waals surface area contributed by atoms with E-state index >= 15 is 0 Å². The molecule has 1 saturated carbocycles. The minimum atomic E-state index is -0.160. The molecule has 1 saturated heterocycles. The van der Waals surface area contributed by atoms with Crippen molar-refractivity contribution < 1.29 is 14.0 Å². The molecular formula is C15H21N3O3. The fourth-order valence-corrected chi connectivity index (χ4v) is 2.74. The molecule has 0 bridgehead atoms. The van der Waals surface area contributed by atoms with E-state index in [1.807, 2.05) is 11.0 Å². The van der Waals surface area contributed by atoms with E-state index in [-0.39, 0.29) is 23.7 Å². The number of furan rings is 1. The number of rotatable bonds is 4. The summed E-state index contributed by atoms with van der Waals surface area (Å²) >= 11 is 0. The topological polar surface area (TPSA) is 65.8 Å². The highest BCUT2D eigenvalue weighted by Gasteiger charge is 2.49. The van der Waals surface area contributed by atoms with Crippen molar-refractivity contribution in [2.24, 2.45) is 11.8 Å². The van der Waals surface area contributed by atoms with E-state index in [4.69, 9.17) is 4.42 Å². The van der Waals surface area contributed by atoms with E-state index in [1.165, 1.54) is 0 Å². The molecule has 1 aromatic heterocycles. The second kappa shape index (κ2) is 5.89. The molecule has 114 valence electrons. The lowest BCUT2D eigenvalue weighted by molar-refractivity contribution is -0.136. The first-order valence-electron chi connectivity index (χ1n) is 7.42. The third-order valence-electron chi connectivity index (χ3n) is 4.28. The molecule has 21 heavy (non-hydrogen) atoms. The summed E-state index contributed by atoms with van der Waals surface area (Å²) in [5, 5.41) is 2.83. The molecule has 3 rings (SSSR count). The van der Waals surface area contributed by atoms with Gasteiger partial charge in [0.2, 0.25) is 11.8 Å². The Bertz CT molecular complexity index is 506. The first-order valence-corrected chi connectivity index (χ1v) is 7.42. The van der Waals surface area contributed by atoms with E-state index < -0.39 is 0 Å². The first-order chi connectivity index (χ1) is 10.1. The predicted molar refractivity (Wildman–Crippen MR) is 76.2 cm³/mol. The van der Waals surface area contributed by atoms with Crippen molar-refractivity contribution in [1.82, 2.24) is 15.1 Å². The molecule has 6 heteroatoms. The molecule has 2 aliphatic rings. The van der Waals surface area contributed by atoms with Crippen LogP contribution in [0.1, 0.15) is 12.2 Å². The fraction of sp³-hybridized carbons (Fsp3) is 0.600. The van der Waals surface area contributed by atoms with Crippen LogP contribution in [-0.4, -0.2) is 54.8 Å². The van der Waals surface area contributed by atoms with Gasteiger partial charge in [0.1, 0.15) is 5.76 Å². The Morgan fingerprint density at radius 2 is 2.05 bits per heavy atom. The third kappa shape index (κ3) is 3.26. The molecule has 2 atom stereocenters. The van der Waals surface area contributed by atoms with Crippen LogP contribution in [0.3, 0.4) is 0 Å². The van der Waals surface area contributed by atoms with Crippen molar-refractivity contribution in [3.05, 3.63) is 24.2 Å². The maximum Gasteiger partial charge on any atom is 0.226 e. The van der Waals surface area contributed by atoms with Crippen LogP contribution in [0, 0.1) is 11.8 Å². The van der Waals surface area contributed by atoms with Crippen molar-refractivity contribution >= 4 is 11.8 Å². The Morgan fingerprint density at radius 3 is 2.71 bits per heavy atom. The molecule has 2 fully saturated rings. The van der Waals surface area contributed by atoms with Crippen molar-refractivity contribution in [1.29, 1.82) is 0 Å². The molecular weight excluding hydrogens is 270 g/mol. The summed E-state index contributed by atoms with van der Waals surface area (Å²) in [5.74, 6) is 0.545. The van der Waals surface area contributed by atoms with Crippen LogP contribution in [-0.2, 0) is 16.1 Å². The number of nitrogens with one attached hydrogen (secondary N) is 1. The molecule has 1 aliphatic heterocycles. The number of nitrogens with zero attached hydrogens (tertiary/aromatic N) is 2. The maximum absolute atomic E-state index is 12.3. The Balaban J connectivity index is 1.44. The number of likely N-dealkylation sites (N-methyl/N-ethyl adjacent to an activating group) is 1. The van der Waals surface area contributed by atoms with Gasteiger partial charge in [-0.3, -0.25) is 9.59 Å². The highest BCUT2D eigenvalue weighted by Crippen LogP contribution is 2.40. The second-order valence-corrected chi connectivity index (χ2v) is 5.87. The predicted octanol–water partition coefficient (Wildman–Crippen LogP) is 0.306. The summed E-state index contributed by atoms with van der Waals surface area (Å²) in [4.78, 5) is 28.4. The van der Waals surface area contributed by atoms with Crippen LogP contribution < -0.4 is 5.32 Å². The monoisotopic (exact) mass is 291 g/mol. The Hall–Kier alpha value is -1.82. The SMILES string of the molecule is CN1CCN(C(=O)C2CC2C(=O)NCc2ccco2)CC1. The lowest BCUT2D eigenvalue weighted by atomic mass is 10.2. The van der Waals surface area contributed by atoms with Crippen LogP contribution >= 0.6 is 0 Å². The first kappa shape index (κ1) is 14.1. The molecule has 1 aromatic rings. The van der Waals surface area contributed by atoms with E-state index in [1.54, 1.807) is 12.3 Å². The van der Waals surface area contributed by atoms with E-state index in [2.05, 4.69) is 17.3 Å². The van der Waals surface area contributed by atoms with Crippen molar-refractivity contribution in [3.63, 3.8) is 0 Å². The van der Waals surface area contributed by atoms with Crippen LogP contribution in [0.5, 0.6) is 0 Å². The van der Waals surface area contributed by atoms with Crippen molar-refractivity contribution in [2.75, 3.05) is 33.2 Å². The van der Waals surface area contributed by atoms with Gasteiger partial charge in [0.25, 0.3) is 0 Å². The highest BCUT2D eigenvalue weighted by molar-refractivity contribution is 5.92. The smallest absolute Gasteiger partial charge is 0.226 e. The Morgan fingerprint density at radius 1 is 1.29 bits per heavy atom. The number of piperazine rings is 1. The van der Waals surface area contributed by atoms with Gasteiger partial charge in [-0.1, -0.05) is 0 Å². The van der Waals surface area contributed by atoms with Crippen LogP contribution in [0.2, 0.25) is 0 Å². The standard InChI is InChI=1S/C15H21N3O3/c1-17-4-6-18(7-5-17)15(20)13-9-12(13)14(19)16-10-11-3-2-8-21-11/h2-3,8,12-13H,4-7,9-10H2,1H3,(H,16,19). The Kier molecular flexibility index (Phi) is 3.96. The molecule has 1 N–H and O–H groups in total. The minimum Gasteiger partial charge on any atom is -0.467 e. The molecule has 0 spiro atoms. The van der Waals surface area contributed by atoms with Gasteiger partial charge in [-0.15, -0.1) is 0 Å². The number of carbonyl (C=O) groups excluding carboxylic acids is 2. The van der Waals surface area contributed by atoms with Crippen LogP contribution in [0.15, 0.2) is 22.8 Å². The van der Waals surface area contributed by atoms with Gasteiger partial charge in [-0.2, -0.15) is 0 Å². The van der Waals surface area contributed by atoms with Gasteiger partial charge in [-0.25, -0.2) is 0 Å². The summed E-state index contributed by atoms with van der Waals surface area (Å²) in [7, 11) is 2.06. The zero-order chi connectivity index (χ0) is 14.8. The highest BCUT2D eigenvalue weighted by atomic mass is 16.3. The van der Waals surface area contributed by atoms with Crippen molar-refractivity contribution in [3.8, 4) is 0 Å². The quantitative estimate of drug-likeness (QED) is 0.867. The van der Waals surface area contributed by atoms with Gasteiger partial charge in [0.15, 0.2) is 0 Å². The lowest BCUT2D eigenvalue weighted by Crippen LogP contribution is -2.48. The summed E-state index contributed by atoms with van der Waals surface area (Å²) in [6.07, 6.45) is 2.26. The summed E-state index contributed by atoms with van der Waals surface area (Å²) in [6, 6.07) is 3.61. The summed E-state index contributed by atoms with van der Waals surface area (Å²) < 4.78 is 5.17. The maximum atomic E-state index is 12.3. The molecule has 0 radical (unpaired) electrons. The normalized spacial score (nSPS) is 25.7. The number of amides is 2. The summed E-state index contributed by atoms with van der Waals surface area (Å²) in [6.45, 7) is 3.75. The third-order valence-corrected chi connectivity index (χ3v) is 4.28. The molecule has 2 unspecified atom stereocenters. The summed E-state index contributed by atoms with van der Waals surface area (Å²) in [5.41, 5.74) is 0. The van der Waals surface area contributed by atoms with E-state index in [0.29, 0.717) is 13.0 Å². The zero-order valence-electron chi connectivity index (χ0n) is 12.2. The molecule has 2 heterocycles. The number of hydrogen-bond acceptors (Lipinski definition) is 4. The average Bonchev–Trinajstić information content (AvgIpc) is 3.12. The Labute approximate surface area is 124 Å². The number of hydrogen-bond donors (Lipinski definition) is 1. The minimum absolute atomic E-state index is 0.0427. The molecule has 0 aromatic carbocycles. The number of carbonyl (C=O) groups is 2. The molecule has 2 amide bonds. The molecule has 6 nitrogen and oxygen atoms in total. The fourth-order valence-electron chi connectivity index (χ4n) is 2.74. The van der Waals surface area contributed by atoms with Gasteiger partial charge in [0, 0.05) is 26.2 Å². The average molecular weight is 291 g/mol. The van der Waals surface area contributed by atoms with Gasteiger partial charge in [-0.05, 0) is 25.6 Å².